The number of nitrogens with zero attached hydrogens (tertiary/aromatic N) is 3. The van der Waals surface area contributed by atoms with Crippen molar-refractivity contribution >= 4 is 28.4 Å². The quantitative estimate of drug-likeness (QED) is 0.700. The first-order valence-corrected chi connectivity index (χ1v) is 10.6. The van der Waals surface area contributed by atoms with Crippen molar-refractivity contribution in [2.24, 2.45) is 0 Å². The van der Waals surface area contributed by atoms with Crippen LogP contribution in [0.3, 0.4) is 0 Å². The van der Waals surface area contributed by atoms with Crippen molar-refractivity contribution < 1.29 is 19.1 Å². The fraction of sp³-hybridized carbons (Fsp3) is 0.474. The lowest BCUT2D eigenvalue weighted by atomic mass is 10.2. The summed E-state index contributed by atoms with van der Waals surface area (Å²) in [5.41, 5.74) is 0.838. The molecular formula is C19H23N5O4S. The Morgan fingerprint density at radius 1 is 1.28 bits per heavy atom. The Kier molecular flexibility index (Phi) is 5.79. The third-order valence-corrected chi connectivity index (χ3v) is 5.79. The van der Waals surface area contributed by atoms with Crippen LogP contribution in [0.25, 0.3) is 10.6 Å². The molecule has 10 heteroatoms. The van der Waals surface area contributed by atoms with Crippen LogP contribution in [0.5, 0.6) is 11.5 Å². The first kappa shape index (κ1) is 19.4. The van der Waals surface area contributed by atoms with Crippen LogP contribution in [-0.2, 0) is 4.79 Å². The van der Waals surface area contributed by atoms with E-state index < -0.39 is 6.04 Å². The van der Waals surface area contributed by atoms with Crippen LogP contribution in [0.1, 0.15) is 32.6 Å². The number of anilines is 1. The summed E-state index contributed by atoms with van der Waals surface area (Å²) < 4.78 is 10.7. The molecule has 4 rings (SSSR count). The van der Waals surface area contributed by atoms with Gasteiger partial charge in [0.25, 0.3) is 0 Å². The molecule has 1 saturated heterocycles. The molecule has 9 nitrogen and oxygen atoms in total. The highest BCUT2D eigenvalue weighted by Crippen LogP contribution is 2.37. The number of carbonyl (C=O) groups excluding carboxylic acids is 2. The highest BCUT2D eigenvalue weighted by molar-refractivity contribution is 7.18. The van der Waals surface area contributed by atoms with E-state index in [1.165, 1.54) is 11.3 Å². The Balaban J connectivity index is 1.39. The summed E-state index contributed by atoms with van der Waals surface area (Å²) in [5, 5.41) is 15.0. The Morgan fingerprint density at radius 2 is 2.14 bits per heavy atom. The molecule has 29 heavy (non-hydrogen) atoms. The number of likely N-dealkylation sites (tertiary alicyclic amines) is 1. The summed E-state index contributed by atoms with van der Waals surface area (Å²) in [4.78, 5) is 26.7. The predicted octanol–water partition coefficient (Wildman–Crippen LogP) is 2.85. The summed E-state index contributed by atoms with van der Waals surface area (Å²) in [6.07, 6.45) is 3.37. The number of hydrogen-bond acceptors (Lipinski definition) is 7. The molecule has 0 spiro atoms. The number of fused-ring (bicyclic) bond motifs is 1. The van der Waals surface area contributed by atoms with Crippen LogP contribution < -0.4 is 20.1 Å². The third-order valence-electron chi connectivity index (χ3n) is 4.90. The van der Waals surface area contributed by atoms with E-state index in [4.69, 9.17) is 9.47 Å². The number of rotatable bonds is 6. The van der Waals surface area contributed by atoms with E-state index in [2.05, 4.69) is 27.8 Å². The molecule has 0 radical (unpaired) electrons. The van der Waals surface area contributed by atoms with Crippen molar-refractivity contribution in [1.29, 1.82) is 0 Å². The van der Waals surface area contributed by atoms with Crippen molar-refractivity contribution in [1.82, 2.24) is 20.4 Å². The Labute approximate surface area is 172 Å². The monoisotopic (exact) mass is 417 g/mol. The number of ether oxygens (including phenoxy) is 2. The first-order valence-electron chi connectivity index (χ1n) is 9.74. The second-order valence-corrected chi connectivity index (χ2v) is 7.88. The molecule has 154 valence electrons. The van der Waals surface area contributed by atoms with Crippen LogP contribution in [0.2, 0.25) is 0 Å². The number of unbranched alkanes of at least 4 members (excludes halogenated alkanes) is 1. The minimum Gasteiger partial charge on any atom is -0.454 e. The predicted molar refractivity (Wildman–Crippen MR) is 108 cm³/mol. The van der Waals surface area contributed by atoms with Gasteiger partial charge in [0.15, 0.2) is 11.5 Å². The maximum absolute atomic E-state index is 12.7. The topological polar surface area (TPSA) is 106 Å². The highest BCUT2D eigenvalue weighted by Gasteiger charge is 2.34. The molecule has 2 aromatic rings. The van der Waals surface area contributed by atoms with E-state index >= 15 is 0 Å². The molecule has 2 aliphatic rings. The largest absolute Gasteiger partial charge is 0.454 e. The normalized spacial score (nSPS) is 17.4. The molecule has 1 aromatic heterocycles. The van der Waals surface area contributed by atoms with Gasteiger partial charge in [0.1, 0.15) is 11.0 Å². The smallest absolute Gasteiger partial charge is 0.318 e. The van der Waals surface area contributed by atoms with Gasteiger partial charge in [-0.15, -0.1) is 10.2 Å². The van der Waals surface area contributed by atoms with Crippen LogP contribution in [0.15, 0.2) is 18.2 Å². The van der Waals surface area contributed by atoms with Crippen LogP contribution in [0, 0.1) is 0 Å². The average Bonchev–Trinajstić information content (AvgIpc) is 3.47. The number of amides is 3. The standard InChI is InChI=1S/C19H23N5O4S/c1-2-3-8-20-19(26)24-9-4-5-13(24)16(25)21-18-23-22-17(29-18)12-6-7-14-15(10-12)28-11-27-14/h6-7,10,13H,2-5,8-9,11H2,1H3,(H,20,26)(H,21,23,25)/t13-/m0/s1. The number of nitrogens with one attached hydrogen (secondary N) is 2. The highest BCUT2D eigenvalue weighted by atomic mass is 32.1. The van der Waals surface area contributed by atoms with Crippen molar-refractivity contribution in [2.45, 2.75) is 38.6 Å². The minimum atomic E-state index is -0.491. The fourth-order valence-electron chi connectivity index (χ4n) is 3.36. The number of carbonyl (C=O) groups is 2. The number of benzene rings is 1. The molecule has 0 bridgehead atoms. The Hall–Kier alpha value is -2.88. The van der Waals surface area contributed by atoms with Crippen molar-refractivity contribution in [3.8, 4) is 22.1 Å². The summed E-state index contributed by atoms with van der Waals surface area (Å²) in [5.74, 6) is 1.13. The SMILES string of the molecule is CCCCNC(=O)N1CCC[C@H]1C(=O)Nc1nnc(-c2ccc3c(c2)OCO3)s1. The third kappa shape index (κ3) is 4.26. The van der Waals surface area contributed by atoms with E-state index in [9.17, 15) is 9.59 Å². The van der Waals surface area contributed by atoms with Crippen molar-refractivity contribution in [2.75, 3.05) is 25.2 Å². The summed E-state index contributed by atoms with van der Waals surface area (Å²) >= 11 is 1.28. The lowest BCUT2D eigenvalue weighted by Gasteiger charge is -2.23. The molecule has 2 aliphatic heterocycles. The van der Waals surface area contributed by atoms with Gasteiger partial charge in [-0.05, 0) is 37.5 Å². The zero-order valence-corrected chi connectivity index (χ0v) is 17.0. The molecular weight excluding hydrogens is 394 g/mol. The molecule has 3 amide bonds. The molecule has 3 heterocycles. The van der Waals surface area contributed by atoms with Gasteiger partial charge in [-0.3, -0.25) is 10.1 Å². The van der Waals surface area contributed by atoms with Crippen molar-refractivity contribution in [3.05, 3.63) is 18.2 Å². The molecule has 2 N–H and O–H groups in total. The van der Waals surface area contributed by atoms with Gasteiger partial charge in [-0.1, -0.05) is 24.7 Å². The maximum Gasteiger partial charge on any atom is 0.318 e. The molecule has 0 saturated carbocycles. The van der Waals surface area contributed by atoms with Crippen LogP contribution >= 0.6 is 11.3 Å². The van der Waals surface area contributed by atoms with Gasteiger partial charge in [-0.25, -0.2) is 4.79 Å². The Morgan fingerprint density at radius 3 is 3.00 bits per heavy atom. The van der Waals surface area contributed by atoms with Crippen molar-refractivity contribution in [3.63, 3.8) is 0 Å². The lowest BCUT2D eigenvalue weighted by Crippen LogP contribution is -2.47. The lowest BCUT2D eigenvalue weighted by molar-refractivity contribution is -0.119. The molecule has 1 fully saturated rings. The second-order valence-electron chi connectivity index (χ2n) is 6.91. The zero-order valence-electron chi connectivity index (χ0n) is 16.1. The van der Waals surface area contributed by atoms with Crippen LogP contribution in [0.4, 0.5) is 9.93 Å². The van der Waals surface area contributed by atoms with E-state index in [1.807, 2.05) is 18.2 Å². The van der Waals surface area contributed by atoms with E-state index in [1.54, 1.807) is 4.90 Å². The van der Waals surface area contributed by atoms with Gasteiger partial charge in [-0.2, -0.15) is 0 Å². The van der Waals surface area contributed by atoms with E-state index in [-0.39, 0.29) is 18.7 Å². The van der Waals surface area contributed by atoms with Gasteiger partial charge in [0.2, 0.25) is 17.8 Å². The fourth-order valence-corrected chi connectivity index (χ4v) is 4.11. The number of aromatic nitrogens is 2. The summed E-state index contributed by atoms with van der Waals surface area (Å²) in [7, 11) is 0. The summed E-state index contributed by atoms with van der Waals surface area (Å²) in [6, 6.07) is 4.86. The van der Waals surface area contributed by atoms with Gasteiger partial charge >= 0.3 is 6.03 Å². The number of urea groups is 1. The van der Waals surface area contributed by atoms with E-state index in [0.29, 0.717) is 41.1 Å². The number of hydrogen-bond donors (Lipinski definition) is 2. The zero-order chi connectivity index (χ0) is 20.2. The van der Waals surface area contributed by atoms with Gasteiger partial charge in [0, 0.05) is 18.7 Å². The van der Waals surface area contributed by atoms with Crippen LogP contribution in [-0.4, -0.2) is 53.0 Å². The first-order chi connectivity index (χ1) is 14.2. The van der Waals surface area contributed by atoms with Gasteiger partial charge < -0.3 is 19.7 Å². The molecule has 1 aromatic carbocycles. The molecule has 0 unspecified atom stereocenters. The maximum atomic E-state index is 12.7. The minimum absolute atomic E-state index is 0.186. The Bertz CT molecular complexity index is 902. The van der Waals surface area contributed by atoms with Gasteiger partial charge in [0.05, 0.1) is 0 Å². The second kappa shape index (κ2) is 8.64. The van der Waals surface area contributed by atoms with E-state index in [0.717, 1.165) is 24.8 Å². The summed E-state index contributed by atoms with van der Waals surface area (Å²) in [6.45, 7) is 3.47. The average molecular weight is 417 g/mol. The molecule has 1 atom stereocenters. The molecule has 0 aliphatic carbocycles.